The van der Waals surface area contributed by atoms with Crippen molar-refractivity contribution in [3.8, 4) is 0 Å². The fourth-order valence-electron chi connectivity index (χ4n) is 2.69. The molecule has 2 aromatic rings. The van der Waals surface area contributed by atoms with Crippen molar-refractivity contribution in [3.05, 3.63) is 70.8 Å². The molecule has 29 heavy (non-hydrogen) atoms. The molecule has 0 bridgehead atoms. The summed E-state index contributed by atoms with van der Waals surface area (Å²) in [5.74, 6) is 0.724. The Morgan fingerprint density at radius 2 is 1.62 bits per heavy atom. The van der Waals surface area contributed by atoms with E-state index < -0.39 is 0 Å². The summed E-state index contributed by atoms with van der Waals surface area (Å²) in [5.41, 5.74) is 4.12. The Morgan fingerprint density at radius 1 is 1.00 bits per heavy atom. The van der Waals surface area contributed by atoms with Gasteiger partial charge in [0.15, 0.2) is 5.96 Å². The van der Waals surface area contributed by atoms with Gasteiger partial charge in [0, 0.05) is 46.4 Å². The van der Waals surface area contributed by atoms with Gasteiger partial charge in [-0.25, -0.2) is 0 Å². The van der Waals surface area contributed by atoms with E-state index in [0.717, 1.165) is 11.5 Å². The highest BCUT2D eigenvalue weighted by Crippen LogP contribution is 2.10. The highest BCUT2D eigenvalue weighted by molar-refractivity contribution is 14.0. The van der Waals surface area contributed by atoms with Crippen molar-refractivity contribution in [2.45, 2.75) is 26.6 Å². The largest absolute Gasteiger partial charge is 0.377 e. The fraction of sp³-hybridized carbons (Fsp3) is 0.364. The number of nitrogens with one attached hydrogen (secondary N) is 2. The second-order valence-electron chi connectivity index (χ2n) is 6.58. The predicted octanol–water partition coefficient (Wildman–Crippen LogP) is 3.41. The smallest absolute Gasteiger partial charge is 0.253 e. The van der Waals surface area contributed by atoms with Crippen LogP contribution < -0.4 is 10.6 Å². The van der Waals surface area contributed by atoms with Gasteiger partial charge in [0.1, 0.15) is 0 Å². The molecule has 0 atom stereocenters. The first-order chi connectivity index (χ1) is 13.5. The Hall–Kier alpha value is -2.13. The molecule has 0 fully saturated rings. The monoisotopic (exact) mass is 510 g/mol. The van der Waals surface area contributed by atoms with Crippen LogP contribution in [-0.4, -0.2) is 44.5 Å². The summed E-state index contributed by atoms with van der Waals surface area (Å²) < 4.78 is 5.54. The Morgan fingerprint density at radius 3 is 2.21 bits per heavy atom. The summed E-state index contributed by atoms with van der Waals surface area (Å²) in [6.07, 6.45) is 0. The van der Waals surface area contributed by atoms with Gasteiger partial charge in [-0.05, 0) is 35.7 Å². The molecule has 0 aromatic heterocycles. The van der Waals surface area contributed by atoms with E-state index in [9.17, 15) is 4.79 Å². The number of benzene rings is 2. The minimum Gasteiger partial charge on any atom is -0.377 e. The van der Waals surface area contributed by atoms with Crippen LogP contribution in [0.1, 0.15) is 34.0 Å². The zero-order chi connectivity index (χ0) is 20.4. The van der Waals surface area contributed by atoms with Gasteiger partial charge in [0.2, 0.25) is 0 Å². The second-order valence-corrected chi connectivity index (χ2v) is 6.58. The zero-order valence-corrected chi connectivity index (χ0v) is 19.9. The molecule has 1 amide bonds. The molecular formula is C22H31IN4O2. The molecule has 158 valence electrons. The standard InChI is InChI=1S/C22H30N4O2.HI/c1-5-28-16-20-9-7-6-8-19(20)15-25-22(23-2)24-14-17-10-12-18(13-11-17)21(27)26(3)4;/h6-13H,5,14-16H2,1-4H3,(H2,23,24,25);1H. The van der Waals surface area contributed by atoms with E-state index in [0.29, 0.717) is 31.9 Å². The van der Waals surface area contributed by atoms with Gasteiger partial charge in [-0.15, -0.1) is 24.0 Å². The Labute approximate surface area is 190 Å². The van der Waals surface area contributed by atoms with Gasteiger partial charge in [-0.3, -0.25) is 9.79 Å². The Bertz CT molecular complexity index is 792. The third kappa shape index (κ3) is 8.02. The lowest BCUT2D eigenvalue weighted by Gasteiger charge is -2.15. The molecule has 2 rings (SSSR count). The first-order valence-electron chi connectivity index (χ1n) is 9.44. The number of carbonyl (C=O) groups excluding carboxylic acids is 1. The van der Waals surface area contributed by atoms with Crippen LogP contribution in [0, 0.1) is 0 Å². The van der Waals surface area contributed by atoms with Gasteiger partial charge >= 0.3 is 0 Å². The van der Waals surface area contributed by atoms with Crippen molar-refractivity contribution in [1.82, 2.24) is 15.5 Å². The van der Waals surface area contributed by atoms with E-state index in [1.54, 1.807) is 26.0 Å². The summed E-state index contributed by atoms with van der Waals surface area (Å²) in [5, 5.41) is 6.64. The first-order valence-corrected chi connectivity index (χ1v) is 9.44. The molecule has 0 aliphatic rings. The molecule has 0 spiro atoms. The van der Waals surface area contributed by atoms with Crippen LogP contribution in [0.5, 0.6) is 0 Å². The molecule has 0 saturated heterocycles. The summed E-state index contributed by atoms with van der Waals surface area (Å²) in [6, 6.07) is 15.8. The van der Waals surface area contributed by atoms with Gasteiger partial charge < -0.3 is 20.3 Å². The molecule has 0 saturated carbocycles. The van der Waals surface area contributed by atoms with Gasteiger partial charge in [0.05, 0.1) is 6.61 Å². The van der Waals surface area contributed by atoms with E-state index in [4.69, 9.17) is 4.74 Å². The van der Waals surface area contributed by atoms with Gasteiger partial charge in [0.25, 0.3) is 5.91 Å². The highest BCUT2D eigenvalue weighted by Gasteiger charge is 2.08. The van der Waals surface area contributed by atoms with Gasteiger partial charge in [-0.1, -0.05) is 36.4 Å². The average Bonchev–Trinajstić information content (AvgIpc) is 2.72. The lowest BCUT2D eigenvalue weighted by Crippen LogP contribution is -2.36. The number of aliphatic imine (C=N–C) groups is 1. The number of halogens is 1. The van der Waals surface area contributed by atoms with E-state index in [1.807, 2.05) is 43.3 Å². The first kappa shape index (κ1) is 24.9. The Kier molecular flexibility index (Phi) is 11.3. The van der Waals surface area contributed by atoms with Crippen LogP contribution in [0.2, 0.25) is 0 Å². The van der Waals surface area contributed by atoms with E-state index in [-0.39, 0.29) is 29.9 Å². The van der Waals surface area contributed by atoms with Crippen LogP contribution >= 0.6 is 24.0 Å². The van der Waals surface area contributed by atoms with Crippen LogP contribution in [-0.2, 0) is 24.4 Å². The topological polar surface area (TPSA) is 66.0 Å². The maximum Gasteiger partial charge on any atom is 0.253 e. The molecule has 6 nitrogen and oxygen atoms in total. The maximum absolute atomic E-state index is 12.0. The van der Waals surface area contributed by atoms with E-state index in [1.165, 1.54) is 11.1 Å². The highest BCUT2D eigenvalue weighted by atomic mass is 127. The SMILES string of the molecule is CCOCc1ccccc1CNC(=NC)NCc1ccc(C(=O)N(C)C)cc1.I. The summed E-state index contributed by atoms with van der Waals surface area (Å²) in [6.45, 7) is 4.59. The van der Waals surface area contributed by atoms with Crippen molar-refractivity contribution in [2.24, 2.45) is 4.99 Å². The number of ether oxygens (including phenoxy) is 1. The number of rotatable bonds is 8. The molecule has 0 unspecified atom stereocenters. The normalized spacial score (nSPS) is 10.8. The molecule has 7 heteroatoms. The summed E-state index contributed by atoms with van der Waals surface area (Å²) in [4.78, 5) is 17.8. The van der Waals surface area contributed by atoms with Crippen LogP contribution in [0.25, 0.3) is 0 Å². The quantitative estimate of drug-likeness (QED) is 0.325. The minimum atomic E-state index is 0. The number of guanidine groups is 1. The Balaban J connectivity index is 0.00000420. The number of nitrogens with zero attached hydrogens (tertiary/aromatic N) is 2. The molecule has 0 heterocycles. The lowest BCUT2D eigenvalue weighted by molar-refractivity contribution is 0.0827. The van der Waals surface area contributed by atoms with Crippen molar-refractivity contribution in [3.63, 3.8) is 0 Å². The third-order valence-electron chi connectivity index (χ3n) is 4.32. The van der Waals surface area contributed by atoms with Crippen molar-refractivity contribution in [1.29, 1.82) is 0 Å². The predicted molar refractivity (Wildman–Crippen MR) is 129 cm³/mol. The second kappa shape index (κ2) is 13.2. The van der Waals surface area contributed by atoms with Crippen molar-refractivity contribution in [2.75, 3.05) is 27.7 Å². The van der Waals surface area contributed by atoms with Gasteiger partial charge in [-0.2, -0.15) is 0 Å². The minimum absolute atomic E-state index is 0. The maximum atomic E-state index is 12.0. The average molecular weight is 510 g/mol. The van der Waals surface area contributed by atoms with Crippen LogP contribution in [0.15, 0.2) is 53.5 Å². The van der Waals surface area contributed by atoms with Crippen molar-refractivity contribution < 1.29 is 9.53 Å². The number of hydrogen-bond acceptors (Lipinski definition) is 3. The van der Waals surface area contributed by atoms with Crippen LogP contribution in [0.4, 0.5) is 0 Å². The summed E-state index contributed by atoms with van der Waals surface area (Å²) in [7, 11) is 5.25. The number of hydrogen-bond donors (Lipinski definition) is 2. The van der Waals surface area contributed by atoms with Crippen LogP contribution in [0.3, 0.4) is 0 Å². The molecule has 0 radical (unpaired) electrons. The molecule has 0 aliphatic carbocycles. The molecule has 0 aliphatic heterocycles. The number of amides is 1. The van der Waals surface area contributed by atoms with E-state index in [2.05, 4.69) is 27.8 Å². The molecule has 2 N–H and O–H groups in total. The third-order valence-corrected chi connectivity index (χ3v) is 4.32. The molecular weight excluding hydrogens is 479 g/mol. The number of carbonyl (C=O) groups is 1. The fourth-order valence-corrected chi connectivity index (χ4v) is 2.69. The van der Waals surface area contributed by atoms with Crippen molar-refractivity contribution >= 4 is 35.8 Å². The zero-order valence-electron chi connectivity index (χ0n) is 17.6. The molecule has 2 aromatic carbocycles. The summed E-state index contributed by atoms with van der Waals surface area (Å²) >= 11 is 0. The lowest BCUT2D eigenvalue weighted by atomic mass is 10.1. The van der Waals surface area contributed by atoms with E-state index >= 15 is 0 Å².